The molecule has 8 heteroatoms. The maximum absolute atomic E-state index is 14.7. The number of hydrogen-bond acceptors (Lipinski definition) is 5. The quantitative estimate of drug-likeness (QED) is 0.755. The Labute approximate surface area is 168 Å². The molecule has 3 fully saturated rings. The molecule has 152 valence electrons. The number of cyclic esters (lactones) is 1. The Morgan fingerprint density at radius 2 is 2.00 bits per heavy atom. The standard InChI is InChI=1S/C20H25FN2O4S/c1-20(2,3)27-18(24)22(4)16-8-23(19(25)26-16)11-5-6-12(15(21)7-11)17-13-9-28-10-14(13)17/h5-7,13-14,16-17H,8-10H2,1-4H3/t13-,14+,16-,17?/m0/s1. The minimum atomic E-state index is -0.787. The Balaban J connectivity index is 1.44. The van der Waals surface area contributed by atoms with E-state index >= 15 is 0 Å². The van der Waals surface area contributed by atoms with Crippen molar-refractivity contribution in [2.75, 3.05) is 30.0 Å². The summed E-state index contributed by atoms with van der Waals surface area (Å²) in [6.07, 6.45) is -1.97. The molecular formula is C20H25FN2O4S. The minimum absolute atomic E-state index is 0.124. The highest BCUT2D eigenvalue weighted by atomic mass is 32.2. The van der Waals surface area contributed by atoms with Crippen LogP contribution in [-0.4, -0.2) is 54.0 Å². The van der Waals surface area contributed by atoms with E-state index < -0.39 is 24.0 Å². The summed E-state index contributed by atoms with van der Waals surface area (Å²) in [5, 5.41) is 0. The van der Waals surface area contributed by atoms with Crippen LogP contribution in [-0.2, 0) is 9.47 Å². The van der Waals surface area contributed by atoms with Crippen LogP contribution in [0.2, 0.25) is 0 Å². The molecule has 1 aromatic rings. The van der Waals surface area contributed by atoms with Gasteiger partial charge in [-0.25, -0.2) is 14.0 Å². The molecule has 2 saturated heterocycles. The number of ether oxygens (including phenoxy) is 2. The molecule has 4 atom stereocenters. The number of carbonyl (C=O) groups is 2. The molecule has 1 aromatic carbocycles. The number of likely N-dealkylation sites (N-methyl/N-ethyl adjacent to an activating group) is 1. The van der Waals surface area contributed by atoms with Crippen LogP contribution in [0.5, 0.6) is 0 Å². The lowest BCUT2D eigenvalue weighted by Crippen LogP contribution is -2.42. The Kier molecular flexibility index (Phi) is 4.72. The van der Waals surface area contributed by atoms with Gasteiger partial charge in [0, 0.05) is 7.05 Å². The summed E-state index contributed by atoms with van der Waals surface area (Å²) in [5.41, 5.74) is 0.534. The van der Waals surface area contributed by atoms with Crippen molar-refractivity contribution in [3.05, 3.63) is 29.6 Å². The molecule has 6 nitrogen and oxygen atoms in total. The van der Waals surface area contributed by atoms with E-state index in [1.165, 1.54) is 22.9 Å². The third-order valence-corrected chi connectivity index (χ3v) is 6.76. The zero-order chi connectivity index (χ0) is 20.2. The number of amides is 2. The largest absolute Gasteiger partial charge is 0.444 e. The number of benzene rings is 1. The number of nitrogens with zero attached hydrogens (tertiary/aromatic N) is 2. The fraction of sp³-hybridized carbons (Fsp3) is 0.600. The van der Waals surface area contributed by atoms with E-state index in [-0.39, 0.29) is 12.4 Å². The van der Waals surface area contributed by atoms with Gasteiger partial charge in [0.1, 0.15) is 11.4 Å². The van der Waals surface area contributed by atoms with Crippen LogP contribution in [0.3, 0.4) is 0 Å². The lowest BCUT2D eigenvalue weighted by molar-refractivity contribution is -0.00992. The molecule has 2 amide bonds. The molecular weight excluding hydrogens is 383 g/mol. The van der Waals surface area contributed by atoms with Crippen molar-refractivity contribution in [3.63, 3.8) is 0 Å². The van der Waals surface area contributed by atoms with Crippen LogP contribution in [0.4, 0.5) is 19.7 Å². The van der Waals surface area contributed by atoms with Crippen LogP contribution >= 0.6 is 11.8 Å². The lowest BCUT2D eigenvalue weighted by Gasteiger charge is -2.27. The summed E-state index contributed by atoms with van der Waals surface area (Å²) in [6, 6.07) is 4.95. The number of anilines is 1. The number of rotatable bonds is 3. The van der Waals surface area contributed by atoms with Gasteiger partial charge in [0.05, 0.1) is 12.2 Å². The summed E-state index contributed by atoms with van der Waals surface area (Å²) in [7, 11) is 1.52. The third-order valence-electron chi connectivity index (χ3n) is 5.52. The predicted octanol–water partition coefficient (Wildman–Crippen LogP) is 4.05. The smallest absolute Gasteiger partial charge is 0.416 e. The number of halogens is 1. The predicted molar refractivity (Wildman–Crippen MR) is 105 cm³/mol. The molecule has 28 heavy (non-hydrogen) atoms. The highest BCUT2D eigenvalue weighted by molar-refractivity contribution is 7.99. The molecule has 1 unspecified atom stereocenters. The van der Waals surface area contributed by atoms with Gasteiger partial charge in [-0.2, -0.15) is 11.8 Å². The van der Waals surface area contributed by atoms with Gasteiger partial charge in [0.25, 0.3) is 0 Å². The number of carbonyl (C=O) groups excluding carboxylic acids is 2. The van der Waals surface area contributed by atoms with Crippen LogP contribution in [0.25, 0.3) is 0 Å². The second kappa shape index (κ2) is 6.83. The third kappa shape index (κ3) is 3.54. The van der Waals surface area contributed by atoms with Crippen LogP contribution in [0.1, 0.15) is 32.3 Å². The fourth-order valence-electron chi connectivity index (χ4n) is 3.97. The first kappa shape index (κ1) is 19.4. The van der Waals surface area contributed by atoms with Crippen molar-refractivity contribution in [1.29, 1.82) is 0 Å². The molecule has 2 heterocycles. The van der Waals surface area contributed by atoms with Crippen molar-refractivity contribution in [3.8, 4) is 0 Å². The molecule has 0 radical (unpaired) electrons. The van der Waals surface area contributed by atoms with Crippen molar-refractivity contribution in [2.24, 2.45) is 11.8 Å². The summed E-state index contributed by atoms with van der Waals surface area (Å²) in [5.74, 6) is 3.43. The van der Waals surface area contributed by atoms with Gasteiger partial charge < -0.3 is 9.47 Å². The first-order valence-corrected chi connectivity index (χ1v) is 10.6. The van der Waals surface area contributed by atoms with Gasteiger partial charge >= 0.3 is 12.2 Å². The Morgan fingerprint density at radius 3 is 2.61 bits per heavy atom. The molecule has 2 aliphatic heterocycles. The first-order chi connectivity index (χ1) is 13.2. The average Bonchev–Trinajstić information content (AvgIpc) is 2.95. The normalized spacial score (nSPS) is 28.8. The molecule has 0 bridgehead atoms. The van der Waals surface area contributed by atoms with E-state index in [1.54, 1.807) is 32.9 Å². The van der Waals surface area contributed by atoms with E-state index in [0.717, 1.165) is 17.1 Å². The molecule has 0 spiro atoms. The minimum Gasteiger partial charge on any atom is -0.444 e. The molecule has 1 saturated carbocycles. The van der Waals surface area contributed by atoms with Crippen molar-refractivity contribution < 1.29 is 23.5 Å². The Hall–Kier alpha value is -1.96. The van der Waals surface area contributed by atoms with E-state index in [0.29, 0.717) is 23.4 Å². The van der Waals surface area contributed by atoms with Crippen LogP contribution in [0.15, 0.2) is 18.2 Å². The van der Waals surface area contributed by atoms with Crippen LogP contribution < -0.4 is 4.90 Å². The summed E-state index contributed by atoms with van der Waals surface area (Å²) in [4.78, 5) is 27.1. The van der Waals surface area contributed by atoms with Gasteiger partial charge in [-0.3, -0.25) is 9.80 Å². The van der Waals surface area contributed by atoms with Crippen LogP contribution in [0, 0.1) is 17.7 Å². The molecule has 1 aliphatic carbocycles. The second-order valence-electron chi connectivity index (χ2n) is 8.64. The van der Waals surface area contributed by atoms with E-state index in [4.69, 9.17) is 9.47 Å². The maximum Gasteiger partial charge on any atom is 0.416 e. The first-order valence-electron chi connectivity index (χ1n) is 9.47. The molecule has 0 aromatic heterocycles. The van der Waals surface area contributed by atoms with E-state index in [1.807, 2.05) is 11.8 Å². The van der Waals surface area contributed by atoms with Crippen molar-refractivity contribution in [2.45, 2.75) is 38.5 Å². The van der Waals surface area contributed by atoms with Crippen molar-refractivity contribution >= 4 is 29.6 Å². The highest BCUT2D eigenvalue weighted by Crippen LogP contribution is 2.61. The van der Waals surface area contributed by atoms with E-state index in [9.17, 15) is 14.0 Å². The molecule has 3 aliphatic rings. The molecule has 4 rings (SSSR count). The summed E-state index contributed by atoms with van der Waals surface area (Å²) >= 11 is 1.93. The lowest BCUT2D eigenvalue weighted by atomic mass is 10.1. The number of thioether (sulfide) groups is 1. The molecule has 0 N–H and O–H groups in total. The fourth-order valence-corrected chi connectivity index (χ4v) is 5.56. The number of fused-ring (bicyclic) bond motifs is 1. The average molecular weight is 408 g/mol. The van der Waals surface area contributed by atoms with Gasteiger partial charge in [0.15, 0.2) is 6.23 Å². The maximum atomic E-state index is 14.7. The summed E-state index contributed by atoms with van der Waals surface area (Å²) in [6.45, 7) is 5.42. The highest BCUT2D eigenvalue weighted by Gasteiger charge is 2.54. The Morgan fingerprint density at radius 1 is 1.32 bits per heavy atom. The second-order valence-corrected chi connectivity index (χ2v) is 9.71. The summed E-state index contributed by atoms with van der Waals surface area (Å²) < 4.78 is 25.3. The van der Waals surface area contributed by atoms with E-state index in [2.05, 4.69) is 0 Å². The van der Waals surface area contributed by atoms with Crippen molar-refractivity contribution in [1.82, 2.24) is 4.90 Å². The number of hydrogen-bond donors (Lipinski definition) is 0. The van der Waals surface area contributed by atoms with Gasteiger partial charge in [-0.15, -0.1) is 0 Å². The van der Waals surface area contributed by atoms with Gasteiger partial charge in [-0.1, -0.05) is 6.07 Å². The van der Waals surface area contributed by atoms with Gasteiger partial charge in [-0.05, 0) is 67.7 Å². The zero-order valence-corrected chi connectivity index (χ0v) is 17.3. The monoisotopic (exact) mass is 408 g/mol. The SMILES string of the molecule is CN(C(=O)OC(C)(C)C)[C@@H]1CN(c2ccc(C3[C@H]4CSC[C@@H]34)c(F)c2)C(=O)O1. The van der Waals surface area contributed by atoms with Gasteiger partial charge in [0.2, 0.25) is 0 Å². The zero-order valence-electron chi connectivity index (χ0n) is 16.5. The Bertz CT molecular complexity index is 802. The topological polar surface area (TPSA) is 59.1 Å².